The van der Waals surface area contributed by atoms with Crippen molar-refractivity contribution in [3.8, 4) is 18.4 Å². The van der Waals surface area contributed by atoms with E-state index in [1.807, 2.05) is 0 Å². The van der Waals surface area contributed by atoms with Crippen LogP contribution in [0.5, 0.6) is 0 Å². The Balaban J connectivity index is 3.78. The van der Waals surface area contributed by atoms with Gasteiger partial charge in [-0.05, 0) is 6.42 Å². The van der Waals surface area contributed by atoms with Crippen molar-refractivity contribution in [1.82, 2.24) is 0 Å². The molecule has 0 saturated carbocycles. The molecule has 0 aliphatic carbocycles. The monoisotopic (exact) mass is 137 g/mol. The first-order valence-corrected chi connectivity index (χ1v) is 2.78. The fourth-order valence-corrected chi connectivity index (χ4v) is 0.471. The van der Waals surface area contributed by atoms with Crippen molar-refractivity contribution in [2.75, 3.05) is 0 Å². The van der Waals surface area contributed by atoms with E-state index in [-0.39, 0.29) is 6.42 Å². The van der Waals surface area contributed by atoms with Gasteiger partial charge < -0.3 is 5.11 Å². The smallest absolute Gasteiger partial charge is 0.320 e. The Kier molecular flexibility index (Phi) is 3.75. The van der Waals surface area contributed by atoms with Gasteiger partial charge in [0.1, 0.15) is 5.92 Å². The van der Waals surface area contributed by atoms with Crippen LogP contribution in [0.15, 0.2) is 0 Å². The minimum Gasteiger partial charge on any atom is -0.480 e. The summed E-state index contributed by atoms with van der Waals surface area (Å²) in [7, 11) is 0. The molecule has 3 nitrogen and oxygen atoms in total. The van der Waals surface area contributed by atoms with Gasteiger partial charge in [0.05, 0.1) is 6.07 Å². The van der Waals surface area contributed by atoms with Crippen LogP contribution >= 0.6 is 0 Å². The topological polar surface area (TPSA) is 61.1 Å². The second kappa shape index (κ2) is 4.40. The van der Waals surface area contributed by atoms with Crippen LogP contribution in [0.1, 0.15) is 12.8 Å². The van der Waals surface area contributed by atoms with Gasteiger partial charge in [-0.15, -0.1) is 12.3 Å². The number of carbonyl (C=O) groups is 1. The van der Waals surface area contributed by atoms with E-state index < -0.39 is 11.9 Å². The molecule has 0 amide bonds. The maximum Gasteiger partial charge on any atom is 0.320 e. The first-order valence-electron chi connectivity index (χ1n) is 2.78. The number of rotatable bonds is 3. The molecule has 0 aliphatic rings. The summed E-state index contributed by atoms with van der Waals surface area (Å²) in [6.45, 7) is 0. The lowest BCUT2D eigenvalue weighted by atomic mass is 10.1. The summed E-state index contributed by atoms with van der Waals surface area (Å²) in [4.78, 5) is 10.1. The average Bonchev–Trinajstić information content (AvgIpc) is 1.89. The Hall–Kier alpha value is -1.48. The maximum absolute atomic E-state index is 10.1. The molecule has 0 spiro atoms. The third-order valence-electron chi connectivity index (χ3n) is 1.03. The molecule has 0 aromatic heterocycles. The lowest BCUT2D eigenvalue weighted by Gasteiger charge is -1.97. The first-order chi connectivity index (χ1) is 4.72. The molecule has 0 aromatic rings. The second-order valence-electron chi connectivity index (χ2n) is 1.76. The standard InChI is InChI=1S/C7H7NO2/c1-2-3-4-6(5-8)7(9)10/h1,6H,3-4H2,(H,9,10). The summed E-state index contributed by atoms with van der Waals surface area (Å²) in [6, 6.07) is 1.64. The number of hydrogen-bond acceptors (Lipinski definition) is 2. The van der Waals surface area contributed by atoms with Gasteiger partial charge in [-0.3, -0.25) is 4.79 Å². The Bertz CT molecular complexity index is 197. The SMILES string of the molecule is C#CCCC(C#N)C(=O)O. The average molecular weight is 137 g/mol. The molecular weight excluding hydrogens is 130 g/mol. The summed E-state index contributed by atoms with van der Waals surface area (Å²) in [5, 5.41) is 16.5. The van der Waals surface area contributed by atoms with Gasteiger partial charge in [0.15, 0.2) is 0 Å². The van der Waals surface area contributed by atoms with E-state index in [0.29, 0.717) is 6.42 Å². The summed E-state index contributed by atoms with van der Waals surface area (Å²) in [6.07, 6.45) is 5.46. The number of terminal acetylenes is 1. The summed E-state index contributed by atoms with van der Waals surface area (Å²) >= 11 is 0. The van der Waals surface area contributed by atoms with Crippen LogP contribution in [0, 0.1) is 29.6 Å². The van der Waals surface area contributed by atoms with Crippen molar-refractivity contribution in [2.45, 2.75) is 12.8 Å². The molecule has 0 fully saturated rings. The number of carboxylic acid groups (broad SMARTS) is 1. The zero-order valence-electron chi connectivity index (χ0n) is 5.37. The molecule has 0 aliphatic heterocycles. The van der Waals surface area contributed by atoms with Crippen LogP contribution in [0.3, 0.4) is 0 Å². The third kappa shape index (κ3) is 2.74. The summed E-state index contributed by atoms with van der Waals surface area (Å²) in [5.74, 6) is 0.226. The number of hydrogen-bond donors (Lipinski definition) is 1. The minimum absolute atomic E-state index is 0.238. The molecule has 1 unspecified atom stereocenters. The Labute approximate surface area is 59.3 Å². The van der Waals surface area contributed by atoms with E-state index in [1.54, 1.807) is 6.07 Å². The van der Waals surface area contributed by atoms with Crippen molar-refractivity contribution in [2.24, 2.45) is 5.92 Å². The highest BCUT2D eigenvalue weighted by Crippen LogP contribution is 2.03. The van der Waals surface area contributed by atoms with Crippen LogP contribution in [-0.4, -0.2) is 11.1 Å². The number of carboxylic acids is 1. The van der Waals surface area contributed by atoms with Crippen molar-refractivity contribution in [3.05, 3.63) is 0 Å². The van der Waals surface area contributed by atoms with Gasteiger partial charge >= 0.3 is 5.97 Å². The fourth-order valence-electron chi connectivity index (χ4n) is 0.471. The van der Waals surface area contributed by atoms with Crippen LogP contribution in [0.25, 0.3) is 0 Å². The molecule has 1 atom stereocenters. The highest BCUT2D eigenvalue weighted by Gasteiger charge is 2.14. The van der Waals surface area contributed by atoms with Crippen molar-refractivity contribution < 1.29 is 9.90 Å². The molecule has 52 valence electrons. The lowest BCUT2D eigenvalue weighted by Crippen LogP contribution is -2.10. The van der Waals surface area contributed by atoms with Crippen molar-refractivity contribution in [3.63, 3.8) is 0 Å². The Morgan fingerprint density at radius 3 is 2.70 bits per heavy atom. The van der Waals surface area contributed by atoms with Gasteiger partial charge in [0.2, 0.25) is 0 Å². The Morgan fingerprint density at radius 2 is 2.40 bits per heavy atom. The maximum atomic E-state index is 10.1. The van der Waals surface area contributed by atoms with Crippen LogP contribution in [0.4, 0.5) is 0 Å². The molecule has 0 rings (SSSR count). The number of aliphatic carboxylic acids is 1. The largest absolute Gasteiger partial charge is 0.480 e. The summed E-state index contributed by atoms with van der Waals surface area (Å²) in [5.41, 5.74) is 0. The van der Waals surface area contributed by atoms with Gasteiger partial charge in [-0.2, -0.15) is 5.26 Å². The highest BCUT2D eigenvalue weighted by molar-refractivity contribution is 5.72. The predicted octanol–water partition coefficient (Wildman–Crippen LogP) is 0.624. The molecule has 0 aromatic carbocycles. The van der Waals surface area contributed by atoms with Crippen LogP contribution < -0.4 is 0 Å². The molecule has 10 heavy (non-hydrogen) atoms. The normalized spacial score (nSPS) is 11.0. The molecule has 0 saturated heterocycles. The minimum atomic E-state index is -1.10. The molecular formula is C7H7NO2. The van der Waals surface area contributed by atoms with Gasteiger partial charge in [0, 0.05) is 6.42 Å². The second-order valence-corrected chi connectivity index (χ2v) is 1.76. The van der Waals surface area contributed by atoms with Gasteiger partial charge in [-0.25, -0.2) is 0 Å². The van der Waals surface area contributed by atoms with E-state index in [0.717, 1.165) is 0 Å². The number of nitrogens with zero attached hydrogens (tertiary/aromatic N) is 1. The molecule has 0 radical (unpaired) electrons. The van der Waals surface area contributed by atoms with Gasteiger partial charge in [-0.1, -0.05) is 0 Å². The summed E-state index contributed by atoms with van der Waals surface area (Å²) < 4.78 is 0. The zero-order chi connectivity index (χ0) is 7.98. The van der Waals surface area contributed by atoms with Crippen LogP contribution in [-0.2, 0) is 4.79 Å². The molecule has 0 heterocycles. The quantitative estimate of drug-likeness (QED) is 0.580. The van der Waals surface area contributed by atoms with E-state index >= 15 is 0 Å². The fraction of sp³-hybridized carbons (Fsp3) is 0.429. The lowest BCUT2D eigenvalue weighted by molar-refractivity contribution is -0.139. The zero-order valence-corrected chi connectivity index (χ0v) is 5.37. The van der Waals surface area contributed by atoms with Crippen LogP contribution in [0.2, 0.25) is 0 Å². The number of nitriles is 1. The molecule has 3 heteroatoms. The van der Waals surface area contributed by atoms with E-state index in [2.05, 4.69) is 5.92 Å². The van der Waals surface area contributed by atoms with Crippen molar-refractivity contribution >= 4 is 5.97 Å². The van der Waals surface area contributed by atoms with Gasteiger partial charge in [0.25, 0.3) is 0 Å². The first kappa shape index (κ1) is 8.52. The van der Waals surface area contributed by atoms with E-state index in [9.17, 15) is 4.79 Å². The third-order valence-corrected chi connectivity index (χ3v) is 1.03. The van der Waals surface area contributed by atoms with Crippen molar-refractivity contribution in [1.29, 1.82) is 5.26 Å². The molecule has 1 N–H and O–H groups in total. The Morgan fingerprint density at radius 1 is 1.80 bits per heavy atom. The molecule has 0 bridgehead atoms. The van der Waals surface area contributed by atoms with E-state index in [4.69, 9.17) is 16.8 Å². The van der Waals surface area contributed by atoms with E-state index in [1.165, 1.54) is 0 Å². The highest BCUT2D eigenvalue weighted by atomic mass is 16.4. The predicted molar refractivity (Wildman–Crippen MR) is 34.8 cm³/mol.